The van der Waals surface area contributed by atoms with E-state index in [0.717, 1.165) is 31.7 Å². The van der Waals surface area contributed by atoms with Crippen LogP contribution in [0.15, 0.2) is 24.3 Å². The Morgan fingerprint density at radius 3 is 2.85 bits per heavy atom. The summed E-state index contributed by atoms with van der Waals surface area (Å²) in [5, 5.41) is 3.61. The van der Waals surface area contributed by atoms with Crippen molar-refractivity contribution >= 4 is 0 Å². The van der Waals surface area contributed by atoms with Crippen LogP contribution in [0.4, 0.5) is 0 Å². The number of ether oxygens (including phenoxy) is 2. The lowest BCUT2D eigenvalue weighted by molar-refractivity contribution is -0.0167. The number of unbranched alkanes of at least 4 members (excludes halogenated alkanes) is 2. The van der Waals surface area contributed by atoms with Crippen LogP contribution in [0.25, 0.3) is 0 Å². The molecule has 2 rings (SSSR count). The van der Waals surface area contributed by atoms with Crippen LogP contribution in [0.3, 0.4) is 0 Å². The smallest absolute Gasteiger partial charge is 0.124 e. The summed E-state index contributed by atoms with van der Waals surface area (Å²) in [7, 11) is 0. The van der Waals surface area contributed by atoms with Crippen LogP contribution in [0.1, 0.15) is 51.1 Å². The van der Waals surface area contributed by atoms with Gasteiger partial charge in [0.15, 0.2) is 0 Å². The standard InChI is InChI=1S/C17H27NO2/c1-3-5-8-12-19-16-13-20-15-10-7-6-9-14(15)17(16)18-11-4-2/h6-7,9-10,16-18H,3-5,8,11-13H2,1-2H3. The predicted molar refractivity (Wildman–Crippen MR) is 82.2 cm³/mol. The highest BCUT2D eigenvalue weighted by atomic mass is 16.5. The van der Waals surface area contributed by atoms with Crippen molar-refractivity contribution in [2.24, 2.45) is 0 Å². The van der Waals surface area contributed by atoms with E-state index in [1.165, 1.54) is 18.4 Å². The molecule has 0 radical (unpaired) electrons. The molecule has 20 heavy (non-hydrogen) atoms. The second kappa shape index (κ2) is 8.28. The largest absolute Gasteiger partial charge is 0.490 e. The van der Waals surface area contributed by atoms with Gasteiger partial charge in [0.25, 0.3) is 0 Å². The molecule has 2 atom stereocenters. The van der Waals surface area contributed by atoms with Crippen LogP contribution >= 0.6 is 0 Å². The van der Waals surface area contributed by atoms with Crippen LogP contribution < -0.4 is 10.1 Å². The molecule has 0 aromatic heterocycles. The monoisotopic (exact) mass is 277 g/mol. The molecule has 3 heteroatoms. The number of rotatable bonds is 8. The van der Waals surface area contributed by atoms with Gasteiger partial charge in [-0.05, 0) is 25.5 Å². The van der Waals surface area contributed by atoms with E-state index >= 15 is 0 Å². The molecule has 1 aliphatic rings. The van der Waals surface area contributed by atoms with Crippen LogP contribution in [-0.2, 0) is 4.74 Å². The minimum atomic E-state index is 0.119. The Morgan fingerprint density at radius 2 is 2.05 bits per heavy atom. The topological polar surface area (TPSA) is 30.5 Å². The summed E-state index contributed by atoms with van der Waals surface area (Å²) in [6.45, 7) is 6.88. The SMILES string of the molecule is CCCCCOC1COc2ccccc2C1NCCC. The molecule has 0 saturated heterocycles. The van der Waals surface area contributed by atoms with Crippen molar-refractivity contribution in [3.05, 3.63) is 29.8 Å². The van der Waals surface area contributed by atoms with Crippen molar-refractivity contribution in [1.82, 2.24) is 5.32 Å². The molecule has 1 aliphatic heterocycles. The Hall–Kier alpha value is -1.06. The molecule has 0 fully saturated rings. The van der Waals surface area contributed by atoms with Gasteiger partial charge in [0.1, 0.15) is 18.5 Å². The fraction of sp³-hybridized carbons (Fsp3) is 0.647. The fourth-order valence-corrected chi connectivity index (χ4v) is 2.61. The third kappa shape index (κ3) is 3.97. The van der Waals surface area contributed by atoms with Gasteiger partial charge >= 0.3 is 0 Å². The van der Waals surface area contributed by atoms with Gasteiger partial charge in [-0.25, -0.2) is 0 Å². The minimum absolute atomic E-state index is 0.119. The molecule has 0 spiro atoms. The van der Waals surface area contributed by atoms with Crippen molar-refractivity contribution in [3.8, 4) is 5.75 Å². The zero-order chi connectivity index (χ0) is 14.2. The average Bonchev–Trinajstić information content (AvgIpc) is 2.50. The van der Waals surface area contributed by atoms with Crippen molar-refractivity contribution in [3.63, 3.8) is 0 Å². The Kier molecular flexibility index (Phi) is 6.34. The van der Waals surface area contributed by atoms with Crippen molar-refractivity contribution in [2.75, 3.05) is 19.8 Å². The lowest BCUT2D eigenvalue weighted by Gasteiger charge is -2.34. The molecule has 2 unspecified atom stereocenters. The van der Waals surface area contributed by atoms with Gasteiger partial charge in [0.2, 0.25) is 0 Å². The number of nitrogens with one attached hydrogen (secondary N) is 1. The van der Waals surface area contributed by atoms with Crippen LogP contribution in [-0.4, -0.2) is 25.9 Å². The summed E-state index contributed by atoms with van der Waals surface area (Å²) in [5.41, 5.74) is 1.23. The van der Waals surface area contributed by atoms with Gasteiger partial charge in [-0.2, -0.15) is 0 Å². The van der Waals surface area contributed by atoms with E-state index < -0.39 is 0 Å². The number of benzene rings is 1. The third-order valence-electron chi connectivity index (χ3n) is 3.72. The molecule has 1 N–H and O–H groups in total. The molecule has 3 nitrogen and oxygen atoms in total. The lowest BCUT2D eigenvalue weighted by Crippen LogP contribution is -2.41. The Morgan fingerprint density at radius 1 is 1.20 bits per heavy atom. The first-order chi connectivity index (χ1) is 9.86. The number of fused-ring (bicyclic) bond motifs is 1. The molecule has 1 heterocycles. The van der Waals surface area contributed by atoms with Crippen molar-refractivity contribution in [2.45, 2.75) is 51.7 Å². The maximum Gasteiger partial charge on any atom is 0.124 e. The van der Waals surface area contributed by atoms with Crippen molar-refractivity contribution < 1.29 is 9.47 Å². The molecule has 112 valence electrons. The molecule has 0 bridgehead atoms. The van der Waals surface area contributed by atoms with E-state index in [1.807, 2.05) is 12.1 Å². The summed E-state index contributed by atoms with van der Waals surface area (Å²) in [6, 6.07) is 8.54. The second-order valence-electron chi connectivity index (χ2n) is 5.40. The molecule has 0 saturated carbocycles. The highest BCUT2D eigenvalue weighted by Gasteiger charge is 2.30. The molecule has 0 aliphatic carbocycles. The Labute approximate surface area is 122 Å². The third-order valence-corrected chi connectivity index (χ3v) is 3.72. The highest BCUT2D eigenvalue weighted by Crippen LogP contribution is 2.33. The summed E-state index contributed by atoms with van der Waals surface area (Å²) < 4.78 is 11.9. The van der Waals surface area contributed by atoms with Crippen LogP contribution in [0.5, 0.6) is 5.75 Å². The van der Waals surface area contributed by atoms with E-state index in [2.05, 4.69) is 31.3 Å². The molecular weight excluding hydrogens is 250 g/mol. The highest BCUT2D eigenvalue weighted by molar-refractivity contribution is 5.38. The van der Waals surface area contributed by atoms with Gasteiger partial charge in [0, 0.05) is 12.2 Å². The van der Waals surface area contributed by atoms with Gasteiger partial charge in [0.05, 0.1) is 6.04 Å². The van der Waals surface area contributed by atoms with Gasteiger partial charge in [-0.1, -0.05) is 44.9 Å². The Bertz CT molecular complexity index is 394. The van der Waals surface area contributed by atoms with E-state index in [1.54, 1.807) is 0 Å². The van der Waals surface area contributed by atoms with Gasteiger partial charge in [-0.3, -0.25) is 0 Å². The first kappa shape index (κ1) is 15.3. The molecular formula is C17H27NO2. The molecule has 1 aromatic carbocycles. The molecule has 1 aromatic rings. The van der Waals surface area contributed by atoms with Gasteiger partial charge < -0.3 is 14.8 Å². The Balaban J connectivity index is 2.00. The van der Waals surface area contributed by atoms with E-state index in [9.17, 15) is 0 Å². The zero-order valence-corrected chi connectivity index (χ0v) is 12.7. The first-order valence-corrected chi connectivity index (χ1v) is 7.93. The average molecular weight is 277 g/mol. The summed E-state index contributed by atoms with van der Waals surface area (Å²) in [6.07, 6.45) is 4.84. The summed E-state index contributed by atoms with van der Waals surface area (Å²) in [4.78, 5) is 0. The van der Waals surface area contributed by atoms with Crippen molar-refractivity contribution in [1.29, 1.82) is 0 Å². The quantitative estimate of drug-likeness (QED) is 0.735. The maximum atomic E-state index is 6.06. The number of hydrogen-bond donors (Lipinski definition) is 1. The van der Waals surface area contributed by atoms with E-state index in [0.29, 0.717) is 6.61 Å². The summed E-state index contributed by atoms with van der Waals surface area (Å²) in [5.74, 6) is 0.995. The predicted octanol–water partition coefficient (Wildman–Crippen LogP) is 3.70. The normalized spacial score (nSPS) is 21.3. The lowest BCUT2D eigenvalue weighted by atomic mass is 9.98. The fourth-order valence-electron chi connectivity index (χ4n) is 2.61. The van der Waals surface area contributed by atoms with E-state index in [4.69, 9.17) is 9.47 Å². The second-order valence-corrected chi connectivity index (χ2v) is 5.40. The first-order valence-electron chi connectivity index (χ1n) is 7.93. The van der Waals surface area contributed by atoms with Crippen LogP contribution in [0.2, 0.25) is 0 Å². The van der Waals surface area contributed by atoms with Crippen LogP contribution in [0, 0.1) is 0 Å². The van der Waals surface area contributed by atoms with E-state index in [-0.39, 0.29) is 12.1 Å². The zero-order valence-electron chi connectivity index (χ0n) is 12.7. The number of para-hydroxylation sites is 1. The number of hydrogen-bond acceptors (Lipinski definition) is 3. The summed E-state index contributed by atoms with van der Waals surface area (Å²) >= 11 is 0. The minimum Gasteiger partial charge on any atom is -0.490 e. The molecule has 0 amide bonds. The maximum absolute atomic E-state index is 6.06. The van der Waals surface area contributed by atoms with Gasteiger partial charge in [-0.15, -0.1) is 0 Å².